The number of nitrogens with zero attached hydrogens (tertiary/aromatic N) is 6. The van der Waals surface area contributed by atoms with E-state index >= 15 is 0 Å². The van der Waals surface area contributed by atoms with Gasteiger partial charge in [0.1, 0.15) is 11.6 Å². The average Bonchev–Trinajstić information content (AvgIpc) is 3.16. The summed E-state index contributed by atoms with van der Waals surface area (Å²) in [7, 11) is 3.92. The Hall–Kier alpha value is -3.66. The number of rotatable bonds is 4. The molecule has 0 saturated heterocycles. The molecule has 0 radical (unpaired) electrons. The molecule has 4 rings (SSSR count). The van der Waals surface area contributed by atoms with E-state index in [2.05, 4.69) is 28.3 Å². The fourth-order valence-corrected chi connectivity index (χ4v) is 3.43. The van der Waals surface area contributed by atoms with Gasteiger partial charge in [-0.15, -0.1) is 0 Å². The van der Waals surface area contributed by atoms with Gasteiger partial charge in [0, 0.05) is 31.9 Å². The zero-order valence-electron chi connectivity index (χ0n) is 16.3. The fraction of sp³-hybridized carbons (Fsp3) is 0.238. The zero-order chi connectivity index (χ0) is 19.8. The number of anilines is 2. The van der Waals surface area contributed by atoms with Crippen molar-refractivity contribution >= 4 is 28.3 Å². The van der Waals surface area contributed by atoms with E-state index in [-0.39, 0.29) is 6.04 Å². The first-order valence-corrected chi connectivity index (χ1v) is 9.06. The summed E-state index contributed by atoms with van der Waals surface area (Å²) in [5, 5.41) is 13.8. The second-order valence-corrected chi connectivity index (χ2v) is 7.01. The van der Waals surface area contributed by atoms with Gasteiger partial charge in [-0.25, -0.2) is 9.97 Å². The number of nitriles is 1. The topological polar surface area (TPSA) is 82.1 Å². The molecule has 0 fully saturated rings. The molecule has 1 aromatic carbocycles. The van der Waals surface area contributed by atoms with Crippen LogP contribution >= 0.6 is 0 Å². The Morgan fingerprint density at radius 1 is 1.25 bits per heavy atom. The molecule has 7 nitrogen and oxygen atoms in total. The molecule has 0 saturated carbocycles. The number of hydrogen-bond acceptors (Lipinski definition) is 6. The van der Waals surface area contributed by atoms with E-state index in [1.54, 1.807) is 6.20 Å². The van der Waals surface area contributed by atoms with E-state index in [1.165, 1.54) is 0 Å². The lowest BCUT2D eigenvalue weighted by Gasteiger charge is -2.20. The van der Waals surface area contributed by atoms with E-state index in [1.807, 2.05) is 67.0 Å². The van der Waals surface area contributed by atoms with Gasteiger partial charge in [0.25, 0.3) is 0 Å². The Kier molecular flexibility index (Phi) is 4.32. The van der Waals surface area contributed by atoms with Gasteiger partial charge in [-0.05, 0) is 37.1 Å². The predicted octanol–water partition coefficient (Wildman–Crippen LogP) is 3.70. The van der Waals surface area contributed by atoms with Gasteiger partial charge in [0.05, 0.1) is 29.4 Å². The van der Waals surface area contributed by atoms with Crippen molar-refractivity contribution in [1.82, 2.24) is 19.4 Å². The number of imidazole rings is 1. The van der Waals surface area contributed by atoms with Crippen molar-refractivity contribution in [3.8, 4) is 6.07 Å². The first-order chi connectivity index (χ1) is 13.5. The summed E-state index contributed by atoms with van der Waals surface area (Å²) in [6.45, 7) is 4.05. The van der Waals surface area contributed by atoms with Crippen molar-refractivity contribution < 1.29 is 0 Å². The Labute approximate surface area is 163 Å². The van der Waals surface area contributed by atoms with Crippen LogP contribution in [0.5, 0.6) is 0 Å². The van der Waals surface area contributed by atoms with Gasteiger partial charge in [-0.3, -0.25) is 4.40 Å². The molecule has 1 atom stereocenters. The smallest absolute Gasteiger partial charge is 0.236 e. The maximum atomic E-state index is 9.33. The van der Waals surface area contributed by atoms with Crippen molar-refractivity contribution in [1.29, 1.82) is 5.26 Å². The van der Waals surface area contributed by atoms with Crippen molar-refractivity contribution in [3.63, 3.8) is 0 Å². The molecule has 0 spiro atoms. The summed E-state index contributed by atoms with van der Waals surface area (Å²) in [5.41, 5.74) is 3.67. The average molecular weight is 371 g/mol. The summed E-state index contributed by atoms with van der Waals surface area (Å²) in [6.07, 6.45) is 5.46. The van der Waals surface area contributed by atoms with Crippen LogP contribution < -0.4 is 10.2 Å². The second-order valence-electron chi connectivity index (χ2n) is 7.01. The maximum absolute atomic E-state index is 9.33. The molecule has 0 amide bonds. The Morgan fingerprint density at radius 2 is 2.07 bits per heavy atom. The van der Waals surface area contributed by atoms with E-state index < -0.39 is 0 Å². The standard InChI is InChI=1S/C21H21N7/c1-13-15(11-22)6-5-7-16(13)14(2)25-20-17-10-19(27(3)4)24-12-18(17)28-9-8-23-21(28)26-20/h5-10,12,14H,1-4H3,(H,23,25,26)/t14-/m1/s1. The minimum absolute atomic E-state index is 0.0302. The normalized spacial score (nSPS) is 12.1. The third-order valence-electron chi connectivity index (χ3n) is 4.99. The van der Waals surface area contributed by atoms with Crippen LogP contribution in [0.15, 0.2) is 42.9 Å². The Balaban J connectivity index is 1.85. The van der Waals surface area contributed by atoms with Gasteiger partial charge in [0.15, 0.2) is 0 Å². The maximum Gasteiger partial charge on any atom is 0.236 e. The fourth-order valence-electron chi connectivity index (χ4n) is 3.43. The number of pyridine rings is 1. The lowest BCUT2D eigenvalue weighted by atomic mass is 9.98. The van der Waals surface area contributed by atoms with Crippen LogP contribution in [0.1, 0.15) is 29.7 Å². The monoisotopic (exact) mass is 371 g/mol. The Bertz CT molecular complexity index is 1220. The molecular weight excluding hydrogens is 350 g/mol. The summed E-state index contributed by atoms with van der Waals surface area (Å²) in [6, 6.07) is 10.0. The first kappa shape index (κ1) is 17.7. The van der Waals surface area contributed by atoms with E-state index in [9.17, 15) is 5.26 Å². The summed E-state index contributed by atoms with van der Waals surface area (Å²) < 4.78 is 1.93. The molecule has 7 heteroatoms. The molecule has 0 aliphatic rings. The summed E-state index contributed by atoms with van der Waals surface area (Å²) in [4.78, 5) is 15.6. The van der Waals surface area contributed by atoms with Crippen LogP contribution in [0.3, 0.4) is 0 Å². The molecule has 0 aliphatic carbocycles. The summed E-state index contributed by atoms with van der Waals surface area (Å²) in [5.74, 6) is 2.21. The summed E-state index contributed by atoms with van der Waals surface area (Å²) >= 11 is 0. The molecule has 1 N–H and O–H groups in total. The lowest BCUT2D eigenvalue weighted by molar-refractivity contribution is 0.865. The third kappa shape index (κ3) is 2.89. The van der Waals surface area contributed by atoms with Crippen LogP contribution in [-0.4, -0.2) is 33.4 Å². The van der Waals surface area contributed by atoms with Crippen LogP contribution in [0.2, 0.25) is 0 Å². The highest BCUT2D eigenvalue weighted by Gasteiger charge is 2.16. The molecule has 140 valence electrons. The molecular formula is C21H21N7. The number of aromatic nitrogens is 4. The van der Waals surface area contributed by atoms with Crippen molar-refractivity contribution in [2.24, 2.45) is 0 Å². The highest BCUT2D eigenvalue weighted by atomic mass is 15.2. The van der Waals surface area contributed by atoms with Gasteiger partial charge in [0.2, 0.25) is 5.78 Å². The van der Waals surface area contributed by atoms with E-state index in [0.29, 0.717) is 11.3 Å². The van der Waals surface area contributed by atoms with E-state index in [4.69, 9.17) is 4.98 Å². The Morgan fingerprint density at radius 3 is 2.82 bits per heavy atom. The first-order valence-electron chi connectivity index (χ1n) is 9.06. The molecule has 28 heavy (non-hydrogen) atoms. The molecule has 3 aromatic heterocycles. The third-order valence-corrected chi connectivity index (χ3v) is 4.99. The number of nitrogens with one attached hydrogen (secondary N) is 1. The van der Waals surface area contributed by atoms with E-state index in [0.717, 1.165) is 33.7 Å². The molecule has 0 unspecified atom stereocenters. The second kappa shape index (κ2) is 6.82. The van der Waals surface area contributed by atoms with Crippen molar-refractivity contribution in [2.45, 2.75) is 19.9 Å². The van der Waals surface area contributed by atoms with Crippen molar-refractivity contribution in [2.75, 3.05) is 24.3 Å². The number of benzene rings is 1. The molecule has 0 bridgehead atoms. The number of hydrogen-bond donors (Lipinski definition) is 1. The van der Waals surface area contributed by atoms with Gasteiger partial charge in [-0.2, -0.15) is 10.2 Å². The number of fused-ring (bicyclic) bond motifs is 3. The van der Waals surface area contributed by atoms with Crippen LogP contribution in [0.4, 0.5) is 11.6 Å². The van der Waals surface area contributed by atoms with Crippen LogP contribution in [0.25, 0.3) is 16.7 Å². The van der Waals surface area contributed by atoms with Crippen LogP contribution in [0, 0.1) is 18.3 Å². The van der Waals surface area contributed by atoms with Crippen LogP contribution in [-0.2, 0) is 0 Å². The predicted molar refractivity (Wildman–Crippen MR) is 111 cm³/mol. The molecule has 3 heterocycles. The molecule has 0 aliphatic heterocycles. The SMILES string of the molecule is Cc1c(C#N)cccc1[C@@H](C)Nc1nc2nccn2c2cnc(N(C)C)cc12. The minimum atomic E-state index is -0.0302. The molecule has 4 aromatic rings. The largest absolute Gasteiger partial charge is 0.363 e. The van der Waals surface area contributed by atoms with Gasteiger partial charge < -0.3 is 10.2 Å². The van der Waals surface area contributed by atoms with Gasteiger partial charge >= 0.3 is 0 Å². The highest BCUT2D eigenvalue weighted by molar-refractivity contribution is 5.92. The highest BCUT2D eigenvalue weighted by Crippen LogP contribution is 2.29. The van der Waals surface area contributed by atoms with Gasteiger partial charge in [-0.1, -0.05) is 12.1 Å². The lowest BCUT2D eigenvalue weighted by Crippen LogP contribution is -2.13. The minimum Gasteiger partial charge on any atom is -0.363 e. The quantitative estimate of drug-likeness (QED) is 0.589. The zero-order valence-corrected chi connectivity index (χ0v) is 16.3. The van der Waals surface area contributed by atoms with Crippen molar-refractivity contribution in [3.05, 3.63) is 59.5 Å².